The molecule has 0 spiro atoms. The Labute approximate surface area is 132 Å². The van der Waals surface area contributed by atoms with Crippen molar-refractivity contribution in [1.82, 2.24) is 0 Å². The molecule has 1 atom stereocenters. The van der Waals surface area contributed by atoms with Gasteiger partial charge in [-0.15, -0.1) is 11.3 Å². The molecule has 0 aliphatic carbocycles. The molecule has 0 N–H and O–H groups in total. The Hall–Kier alpha value is -0.310. The summed E-state index contributed by atoms with van der Waals surface area (Å²) in [6, 6.07) is 10.6. The Morgan fingerprint density at radius 1 is 1.16 bits per heavy atom. The molecule has 3 heteroatoms. The van der Waals surface area contributed by atoms with E-state index in [2.05, 4.69) is 67.9 Å². The van der Waals surface area contributed by atoms with Crippen molar-refractivity contribution in [3.05, 3.63) is 56.2 Å². The van der Waals surface area contributed by atoms with Gasteiger partial charge >= 0.3 is 0 Å². The van der Waals surface area contributed by atoms with Crippen LogP contribution in [0.1, 0.15) is 46.5 Å². The third-order valence-corrected chi connectivity index (χ3v) is 6.24. The van der Waals surface area contributed by atoms with Gasteiger partial charge in [0.1, 0.15) is 0 Å². The van der Waals surface area contributed by atoms with Crippen LogP contribution in [0.4, 0.5) is 0 Å². The van der Waals surface area contributed by atoms with Crippen LogP contribution in [0.15, 0.2) is 30.3 Å². The second-order valence-electron chi connectivity index (χ2n) is 5.84. The second-order valence-corrected chi connectivity index (χ2v) is 8.28. The second kappa shape index (κ2) is 5.59. The standard InChI is InChI=1S/C16H18BrClS/c1-10-5-6-11(12(18)9-10)15(17)13-7-8-14(19-13)16(2,3)4/h5-9,15H,1-4H3. The average Bonchev–Trinajstić information content (AvgIpc) is 2.76. The van der Waals surface area contributed by atoms with Crippen LogP contribution in [-0.4, -0.2) is 0 Å². The van der Waals surface area contributed by atoms with Gasteiger partial charge in [0.15, 0.2) is 0 Å². The SMILES string of the molecule is Cc1ccc(C(Br)c2ccc(C(C)(C)C)s2)c(Cl)c1. The first-order chi connectivity index (χ1) is 8.79. The molecule has 0 bridgehead atoms. The van der Waals surface area contributed by atoms with E-state index in [0.29, 0.717) is 0 Å². The van der Waals surface area contributed by atoms with E-state index in [-0.39, 0.29) is 10.2 Å². The van der Waals surface area contributed by atoms with Crippen LogP contribution >= 0.6 is 38.9 Å². The number of thiophene rings is 1. The topological polar surface area (TPSA) is 0 Å². The summed E-state index contributed by atoms with van der Waals surface area (Å²) in [4.78, 5) is 2.87. The van der Waals surface area contributed by atoms with Crippen molar-refractivity contribution in [2.24, 2.45) is 0 Å². The molecule has 1 heterocycles. The molecule has 0 fully saturated rings. The number of rotatable bonds is 2. The lowest BCUT2D eigenvalue weighted by Crippen LogP contribution is -2.07. The van der Waals surface area contributed by atoms with Crippen LogP contribution in [0.2, 0.25) is 5.02 Å². The van der Waals surface area contributed by atoms with Gasteiger partial charge in [-0.1, -0.05) is 60.4 Å². The van der Waals surface area contributed by atoms with E-state index in [1.807, 2.05) is 17.4 Å². The van der Waals surface area contributed by atoms with Gasteiger partial charge in [-0.2, -0.15) is 0 Å². The molecule has 1 unspecified atom stereocenters. The number of halogens is 2. The fraction of sp³-hybridized carbons (Fsp3) is 0.375. The largest absolute Gasteiger partial charge is 0.143 e. The minimum atomic E-state index is 0.168. The van der Waals surface area contributed by atoms with Gasteiger partial charge in [-0.05, 0) is 41.7 Å². The van der Waals surface area contributed by atoms with Crippen molar-refractivity contribution in [2.75, 3.05) is 0 Å². The maximum Gasteiger partial charge on any atom is 0.0752 e. The van der Waals surface area contributed by atoms with Gasteiger partial charge in [0.05, 0.1) is 4.83 Å². The molecule has 0 saturated carbocycles. The molecule has 1 aromatic heterocycles. The molecule has 0 aliphatic rings. The molecule has 0 radical (unpaired) electrons. The van der Waals surface area contributed by atoms with Crippen LogP contribution in [0.25, 0.3) is 0 Å². The van der Waals surface area contributed by atoms with E-state index >= 15 is 0 Å². The maximum atomic E-state index is 6.35. The zero-order valence-corrected chi connectivity index (χ0v) is 14.8. The molecule has 1 aromatic carbocycles. The van der Waals surface area contributed by atoms with E-state index < -0.39 is 0 Å². The summed E-state index contributed by atoms with van der Waals surface area (Å²) in [5.74, 6) is 0. The number of hydrogen-bond acceptors (Lipinski definition) is 1. The molecule has 0 saturated heterocycles. The van der Waals surface area contributed by atoms with Crippen molar-refractivity contribution >= 4 is 38.9 Å². The third kappa shape index (κ3) is 3.42. The normalized spacial score (nSPS) is 13.6. The zero-order chi connectivity index (χ0) is 14.2. The Balaban J connectivity index is 2.34. The van der Waals surface area contributed by atoms with E-state index in [4.69, 9.17) is 11.6 Å². The highest BCUT2D eigenvalue weighted by Gasteiger charge is 2.20. The Morgan fingerprint density at radius 3 is 2.37 bits per heavy atom. The molecular weight excluding hydrogens is 340 g/mol. The van der Waals surface area contributed by atoms with Crippen molar-refractivity contribution in [1.29, 1.82) is 0 Å². The molecule has 2 rings (SSSR count). The Bertz CT molecular complexity index is 581. The van der Waals surface area contributed by atoms with Gasteiger partial charge in [-0.25, -0.2) is 0 Å². The van der Waals surface area contributed by atoms with Crippen LogP contribution in [0.5, 0.6) is 0 Å². The fourth-order valence-corrected chi connectivity index (χ4v) is 4.25. The van der Waals surface area contributed by atoms with E-state index in [9.17, 15) is 0 Å². The highest BCUT2D eigenvalue weighted by Crippen LogP contribution is 2.41. The summed E-state index contributed by atoms with van der Waals surface area (Å²) in [6.07, 6.45) is 0. The Kier molecular flexibility index (Phi) is 4.44. The van der Waals surface area contributed by atoms with Gasteiger partial charge in [-0.3, -0.25) is 0 Å². The lowest BCUT2D eigenvalue weighted by atomic mass is 9.95. The zero-order valence-electron chi connectivity index (χ0n) is 11.6. The first-order valence-corrected chi connectivity index (χ1v) is 8.40. The molecule has 19 heavy (non-hydrogen) atoms. The van der Waals surface area contributed by atoms with E-state index in [0.717, 1.165) is 10.6 Å². The molecule has 0 aliphatic heterocycles. The maximum absolute atomic E-state index is 6.35. The highest BCUT2D eigenvalue weighted by atomic mass is 79.9. The highest BCUT2D eigenvalue weighted by molar-refractivity contribution is 9.09. The number of aryl methyl sites for hydroxylation is 1. The lowest BCUT2D eigenvalue weighted by molar-refractivity contribution is 0.604. The summed E-state index contributed by atoms with van der Waals surface area (Å²) in [7, 11) is 0. The average molecular weight is 358 g/mol. The minimum absolute atomic E-state index is 0.168. The number of hydrogen-bond donors (Lipinski definition) is 0. The van der Waals surface area contributed by atoms with Gasteiger partial charge in [0, 0.05) is 14.8 Å². The smallest absolute Gasteiger partial charge is 0.0752 e. The van der Waals surface area contributed by atoms with Crippen LogP contribution in [0.3, 0.4) is 0 Å². The van der Waals surface area contributed by atoms with E-state index in [1.54, 1.807) is 0 Å². The quantitative estimate of drug-likeness (QED) is 0.539. The molecule has 2 aromatic rings. The minimum Gasteiger partial charge on any atom is -0.143 e. The van der Waals surface area contributed by atoms with Crippen LogP contribution in [0, 0.1) is 6.92 Å². The predicted molar refractivity (Wildman–Crippen MR) is 90.0 cm³/mol. The number of benzene rings is 1. The van der Waals surface area contributed by atoms with Crippen LogP contribution in [-0.2, 0) is 5.41 Å². The van der Waals surface area contributed by atoms with E-state index in [1.165, 1.54) is 15.3 Å². The summed E-state index contributed by atoms with van der Waals surface area (Å²) < 4.78 is 0. The summed E-state index contributed by atoms with van der Waals surface area (Å²) in [6.45, 7) is 8.78. The van der Waals surface area contributed by atoms with Crippen molar-refractivity contribution in [3.8, 4) is 0 Å². The molecule has 0 nitrogen and oxygen atoms in total. The first kappa shape index (κ1) is 15.1. The monoisotopic (exact) mass is 356 g/mol. The first-order valence-electron chi connectivity index (χ1n) is 6.29. The summed E-state index contributed by atoms with van der Waals surface area (Å²) in [5.41, 5.74) is 2.52. The number of alkyl halides is 1. The molecule has 102 valence electrons. The molecular formula is C16H18BrClS. The van der Waals surface area contributed by atoms with Crippen molar-refractivity contribution in [3.63, 3.8) is 0 Å². The van der Waals surface area contributed by atoms with Crippen molar-refractivity contribution < 1.29 is 0 Å². The lowest BCUT2D eigenvalue weighted by Gasteiger charge is -2.16. The van der Waals surface area contributed by atoms with Gasteiger partial charge in [0.25, 0.3) is 0 Å². The predicted octanol–water partition coefficient (Wildman–Crippen LogP) is 6.49. The van der Waals surface area contributed by atoms with Gasteiger partial charge < -0.3 is 0 Å². The fourth-order valence-electron chi connectivity index (χ4n) is 1.88. The van der Waals surface area contributed by atoms with Crippen molar-refractivity contribution in [2.45, 2.75) is 37.9 Å². The van der Waals surface area contributed by atoms with Crippen LogP contribution < -0.4 is 0 Å². The third-order valence-electron chi connectivity index (χ3n) is 3.04. The summed E-state index contributed by atoms with van der Waals surface area (Å²) in [5, 5.41) is 0.826. The molecule has 0 amide bonds. The van der Waals surface area contributed by atoms with Gasteiger partial charge in [0.2, 0.25) is 0 Å². The summed E-state index contributed by atoms with van der Waals surface area (Å²) >= 11 is 12.0. The Morgan fingerprint density at radius 2 is 1.84 bits per heavy atom.